The van der Waals surface area contributed by atoms with Crippen LogP contribution in [0.3, 0.4) is 0 Å². The van der Waals surface area contributed by atoms with Crippen LogP contribution >= 0.6 is 0 Å². The van der Waals surface area contributed by atoms with Gasteiger partial charge in [0.05, 0.1) is 32.5 Å². The van der Waals surface area contributed by atoms with Gasteiger partial charge < -0.3 is 34.1 Å². The number of hydrogen-bond donors (Lipinski definition) is 4. The van der Waals surface area contributed by atoms with Crippen molar-refractivity contribution in [1.29, 1.82) is 0 Å². The van der Waals surface area contributed by atoms with Crippen molar-refractivity contribution >= 4 is 41.3 Å². The number of aliphatic carboxylic acids is 1. The number of methoxy groups -OCH3 is 3. The first-order chi connectivity index (χ1) is 24.8. The lowest BCUT2D eigenvalue weighted by atomic mass is 10.1. The first-order valence-electron chi connectivity index (χ1n) is 15.4. The number of carbonyl (C=O) groups excluding carboxylic acids is 5. The number of anilines is 1. The summed E-state index contributed by atoms with van der Waals surface area (Å²) in [5.74, 6) is -5.82. The molecule has 270 valence electrons. The molecule has 0 aliphatic carbocycles. The average molecular weight is 714 g/mol. The summed E-state index contributed by atoms with van der Waals surface area (Å²) in [7, 11) is 4.25. The smallest absolute Gasteiger partial charge is 0.349 e. The molecule has 0 spiro atoms. The van der Waals surface area contributed by atoms with Crippen LogP contribution in [0.4, 0.5) is 5.69 Å². The Morgan fingerprint density at radius 2 is 1.10 bits per heavy atom. The fourth-order valence-electron chi connectivity index (χ4n) is 4.79. The molecule has 0 aliphatic heterocycles. The molecule has 52 heavy (non-hydrogen) atoms. The fraction of sp³-hybridized carbons (Fsp3) is 0.189. The molecule has 0 aliphatic rings. The second-order valence-corrected chi connectivity index (χ2v) is 11.1. The molecule has 2 atom stereocenters. The van der Waals surface area contributed by atoms with Gasteiger partial charge in [-0.05, 0) is 74.5 Å². The Labute approximate surface area is 297 Å². The Kier molecular flexibility index (Phi) is 12.5. The van der Waals surface area contributed by atoms with E-state index < -0.39 is 47.8 Å². The molecule has 4 aromatic rings. The van der Waals surface area contributed by atoms with Gasteiger partial charge >= 0.3 is 17.9 Å². The highest BCUT2D eigenvalue weighted by molar-refractivity contribution is 6.05. The Bertz CT molecular complexity index is 1970. The van der Waals surface area contributed by atoms with Crippen LogP contribution in [0.25, 0.3) is 0 Å². The molecule has 0 aromatic heterocycles. The van der Waals surface area contributed by atoms with Crippen LogP contribution in [0.2, 0.25) is 0 Å². The van der Waals surface area contributed by atoms with E-state index in [-0.39, 0.29) is 33.8 Å². The van der Waals surface area contributed by atoms with Crippen LogP contribution in [0, 0.1) is 13.8 Å². The zero-order chi connectivity index (χ0) is 37.9. The molecule has 0 radical (unpaired) electrons. The molecular weight excluding hydrogens is 678 g/mol. The molecule has 4 N–H and O–H groups in total. The molecule has 15 heteroatoms. The highest BCUT2D eigenvalue weighted by atomic mass is 16.6. The Hall–Kier alpha value is -6.90. The van der Waals surface area contributed by atoms with Gasteiger partial charge in [0.2, 0.25) is 18.0 Å². The lowest BCUT2D eigenvalue weighted by Gasteiger charge is -2.23. The van der Waals surface area contributed by atoms with E-state index in [4.69, 9.17) is 23.7 Å². The third kappa shape index (κ3) is 9.41. The van der Waals surface area contributed by atoms with Crippen LogP contribution in [-0.2, 0) is 19.1 Å². The minimum Gasteiger partial charge on any atom is -0.493 e. The zero-order valence-corrected chi connectivity index (χ0v) is 28.7. The number of hydrogen-bond acceptors (Lipinski definition) is 11. The van der Waals surface area contributed by atoms with Crippen molar-refractivity contribution < 1.29 is 57.6 Å². The van der Waals surface area contributed by atoms with Gasteiger partial charge in [-0.3, -0.25) is 25.2 Å². The van der Waals surface area contributed by atoms with Gasteiger partial charge in [0, 0.05) is 16.8 Å². The summed E-state index contributed by atoms with van der Waals surface area (Å²) in [5.41, 5.74) is 6.01. The predicted octanol–water partition coefficient (Wildman–Crippen LogP) is 3.88. The van der Waals surface area contributed by atoms with E-state index in [0.717, 1.165) is 0 Å². The first-order valence-corrected chi connectivity index (χ1v) is 15.4. The molecule has 4 rings (SSSR count). The second kappa shape index (κ2) is 17.2. The topological polar surface area (TPSA) is 205 Å². The lowest BCUT2D eigenvalue weighted by molar-refractivity contribution is -0.159. The minimum absolute atomic E-state index is 0.00608. The largest absolute Gasteiger partial charge is 0.493 e. The van der Waals surface area contributed by atoms with Crippen molar-refractivity contribution in [1.82, 2.24) is 10.9 Å². The highest BCUT2D eigenvalue weighted by Crippen LogP contribution is 2.38. The summed E-state index contributed by atoms with van der Waals surface area (Å²) in [6.45, 7) is 3.41. The fourth-order valence-corrected chi connectivity index (χ4v) is 4.79. The van der Waals surface area contributed by atoms with Crippen molar-refractivity contribution in [3.8, 4) is 17.2 Å². The van der Waals surface area contributed by atoms with Crippen molar-refractivity contribution in [3.63, 3.8) is 0 Å². The zero-order valence-electron chi connectivity index (χ0n) is 28.7. The van der Waals surface area contributed by atoms with Crippen LogP contribution in [-0.4, -0.2) is 74.3 Å². The summed E-state index contributed by atoms with van der Waals surface area (Å²) >= 11 is 0. The molecule has 4 aromatic carbocycles. The molecule has 15 nitrogen and oxygen atoms in total. The number of carboxylic acid groups (broad SMARTS) is 1. The SMILES string of the molecule is COc1cc(C(=O)Nc2ccc(C(=O)NNC(=O)[C@@H](OC(=O)c3cccc(C)c3)[C@@H](OC(=O)c3cccc(C)c3)C(=O)O)cc2)cc(OC)c1OC. The van der Waals surface area contributed by atoms with Crippen molar-refractivity contribution in [2.24, 2.45) is 0 Å². The molecule has 0 fully saturated rings. The van der Waals surface area contributed by atoms with E-state index in [0.29, 0.717) is 22.6 Å². The third-order valence-corrected chi connectivity index (χ3v) is 7.38. The van der Waals surface area contributed by atoms with E-state index >= 15 is 0 Å². The van der Waals surface area contributed by atoms with Gasteiger partial charge in [0.25, 0.3) is 17.7 Å². The number of ether oxygens (including phenoxy) is 5. The maximum absolute atomic E-state index is 13.3. The maximum atomic E-state index is 13.3. The van der Waals surface area contributed by atoms with Crippen LogP contribution in [0.5, 0.6) is 17.2 Å². The summed E-state index contributed by atoms with van der Waals surface area (Å²) < 4.78 is 26.3. The van der Waals surface area contributed by atoms with Crippen molar-refractivity contribution in [2.75, 3.05) is 26.6 Å². The minimum atomic E-state index is -2.31. The molecule has 0 unspecified atom stereocenters. The molecule has 0 saturated carbocycles. The van der Waals surface area contributed by atoms with Crippen LogP contribution < -0.4 is 30.4 Å². The van der Waals surface area contributed by atoms with E-state index in [1.54, 1.807) is 38.1 Å². The number of aryl methyl sites for hydroxylation is 2. The number of carboxylic acids is 1. The number of hydrazine groups is 1. The molecule has 0 bridgehead atoms. The summed E-state index contributed by atoms with van der Waals surface area (Å²) in [4.78, 5) is 77.5. The third-order valence-electron chi connectivity index (χ3n) is 7.38. The number of esters is 2. The van der Waals surface area contributed by atoms with Gasteiger partial charge in [0.15, 0.2) is 11.5 Å². The number of carbonyl (C=O) groups is 6. The predicted molar refractivity (Wildman–Crippen MR) is 185 cm³/mol. The summed E-state index contributed by atoms with van der Waals surface area (Å²) in [6, 6.07) is 20.6. The molecular formula is C37H35N3O12. The van der Waals surface area contributed by atoms with Gasteiger partial charge in [0.1, 0.15) is 0 Å². The van der Waals surface area contributed by atoms with Gasteiger partial charge in [-0.2, -0.15) is 0 Å². The van der Waals surface area contributed by atoms with E-state index in [9.17, 15) is 33.9 Å². The Balaban J connectivity index is 1.48. The standard InChI is InChI=1S/C37H35N3O12/c1-20-8-6-10-23(16-20)36(46)51-30(31(35(44)45)52-37(47)24-11-7-9-21(2)17-24)34(43)40-39-33(42)22-12-14-26(15-13-22)38-32(41)25-18-27(48-3)29(50-5)28(19-25)49-4/h6-19,30-31H,1-5H3,(H,38,41)(H,39,42)(H,40,43)(H,44,45)/t30-,31+/m0/s1. The van der Waals surface area contributed by atoms with Gasteiger partial charge in [-0.25, -0.2) is 14.4 Å². The monoisotopic (exact) mass is 713 g/mol. The average Bonchev–Trinajstić information content (AvgIpc) is 3.14. The van der Waals surface area contributed by atoms with Crippen molar-refractivity contribution in [2.45, 2.75) is 26.1 Å². The number of rotatable bonds is 13. The van der Waals surface area contributed by atoms with Crippen molar-refractivity contribution in [3.05, 3.63) is 118 Å². The molecule has 0 saturated heterocycles. The highest BCUT2D eigenvalue weighted by Gasteiger charge is 2.41. The number of nitrogens with one attached hydrogen (secondary N) is 3. The second-order valence-electron chi connectivity index (χ2n) is 11.1. The van der Waals surface area contributed by atoms with Gasteiger partial charge in [-0.1, -0.05) is 35.4 Å². The number of benzene rings is 4. The molecule has 3 amide bonds. The maximum Gasteiger partial charge on any atom is 0.349 e. The summed E-state index contributed by atoms with van der Waals surface area (Å²) in [5, 5.41) is 12.7. The van der Waals surface area contributed by atoms with E-state index in [1.165, 1.54) is 82.0 Å². The first kappa shape index (κ1) is 37.9. The summed E-state index contributed by atoms with van der Waals surface area (Å²) in [6.07, 6.45) is -4.56. The van der Waals surface area contributed by atoms with Crippen LogP contribution in [0.1, 0.15) is 52.6 Å². The Morgan fingerprint density at radius 3 is 1.56 bits per heavy atom. The molecule has 0 heterocycles. The lowest BCUT2D eigenvalue weighted by Crippen LogP contribution is -2.54. The normalized spacial score (nSPS) is 11.6. The van der Waals surface area contributed by atoms with E-state index in [2.05, 4.69) is 10.7 Å². The quantitative estimate of drug-likeness (QED) is 0.115. The van der Waals surface area contributed by atoms with E-state index in [1.807, 2.05) is 5.43 Å². The number of amides is 3. The van der Waals surface area contributed by atoms with Gasteiger partial charge in [-0.15, -0.1) is 0 Å². The van der Waals surface area contributed by atoms with Crippen LogP contribution in [0.15, 0.2) is 84.9 Å². The Morgan fingerprint density at radius 1 is 0.577 bits per heavy atom.